The van der Waals surface area contributed by atoms with Gasteiger partial charge in [-0.15, -0.1) is 0 Å². The first-order valence-electron chi connectivity index (χ1n) is 8.73. The van der Waals surface area contributed by atoms with Crippen LogP contribution < -0.4 is 4.83 Å². The molecule has 0 saturated heterocycles. The number of hydrogen-bond acceptors (Lipinski definition) is 7. The molecule has 2 aromatic rings. The fourth-order valence-electron chi connectivity index (χ4n) is 2.88. The van der Waals surface area contributed by atoms with Crippen LogP contribution in [0.25, 0.3) is 5.65 Å². The molecule has 3 rings (SSSR count). The monoisotopic (exact) mass is 493 g/mol. The van der Waals surface area contributed by atoms with E-state index in [1.54, 1.807) is 12.1 Å². The topological polar surface area (TPSA) is 128 Å². The molecule has 0 aromatic carbocycles. The van der Waals surface area contributed by atoms with Crippen molar-refractivity contribution in [3.63, 3.8) is 0 Å². The van der Waals surface area contributed by atoms with E-state index in [0.717, 1.165) is 25.3 Å². The van der Waals surface area contributed by atoms with Crippen molar-refractivity contribution in [1.29, 1.82) is 0 Å². The zero-order chi connectivity index (χ0) is 23.7. The van der Waals surface area contributed by atoms with Gasteiger partial charge < -0.3 is 4.74 Å². The number of hydrazone groups is 1. The van der Waals surface area contributed by atoms with Gasteiger partial charge in [0.15, 0.2) is 0 Å². The number of ether oxygens (including phenoxy) is 1. The number of allylic oxidation sites excluding steroid dienone is 1. The second-order valence-electron chi connectivity index (χ2n) is 6.83. The van der Waals surface area contributed by atoms with Gasteiger partial charge >= 0.3 is 6.18 Å². The molecule has 0 aliphatic heterocycles. The van der Waals surface area contributed by atoms with E-state index in [0.29, 0.717) is 22.4 Å². The van der Waals surface area contributed by atoms with Crippen molar-refractivity contribution in [2.45, 2.75) is 24.0 Å². The van der Waals surface area contributed by atoms with Crippen LogP contribution in [0.5, 0.6) is 0 Å². The fourth-order valence-corrected chi connectivity index (χ4v) is 4.16. The zero-order valence-electron chi connectivity index (χ0n) is 16.2. The Balaban J connectivity index is 1.89. The largest absolute Gasteiger partial charge is 0.411 e. The molecule has 2 unspecified atom stereocenters. The smallest absolute Gasteiger partial charge is 0.363 e. The Morgan fingerprint density at radius 3 is 2.84 bits per heavy atom. The molecule has 1 aliphatic rings. The highest BCUT2D eigenvalue weighted by atomic mass is 35.5. The van der Waals surface area contributed by atoms with Crippen molar-refractivity contribution in [1.82, 2.24) is 14.2 Å². The summed E-state index contributed by atoms with van der Waals surface area (Å²) in [5.41, 5.74) is 0.220. The molecule has 1 aliphatic carbocycles. The van der Waals surface area contributed by atoms with Gasteiger partial charge in [-0.1, -0.05) is 11.6 Å². The van der Waals surface area contributed by atoms with Gasteiger partial charge in [-0.05, 0) is 25.1 Å². The van der Waals surface area contributed by atoms with E-state index in [1.165, 1.54) is 16.8 Å². The number of rotatable bonds is 7. The summed E-state index contributed by atoms with van der Waals surface area (Å²) in [5, 5.41) is 15.1. The number of nitro groups is 1. The molecule has 0 spiro atoms. The number of halogens is 4. The first-order chi connectivity index (χ1) is 14.8. The van der Waals surface area contributed by atoms with Crippen LogP contribution >= 0.6 is 11.6 Å². The fraction of sp³-hybridized carbons (Fsp3) is 0.294. The summed E-state index contributed by atoms with van der Waals surface area (Å²) in [4.78, 5) is 16.2. The van der Waals surface area contributed by atoms with Crippen molar-refractivity contribution >= 4 is 33.5 Å². The highest BCUT2D eigenvalue weighted by molar-refractivity contribution is 7.91. The summed E-state index contributed by atoms with van der Waals surface area (Å²) in [5.74, 6) is 0. The van der Waals surface area contributed by atoms with Crippen LogP contribution in [0.2, 0.25) is 5.02 Å². The molecule has 2 atom stereocenters. The first kappa shape index (κ1) is 23.7. The van der Waals surface area contributed by atoms with Crippen LogP contribution in [0.3, 0.4) is 0 Å². The summed E-state index contributed by atoms with van der Waals surface area (Å²) in [6, 6.07) is 3.22. The Labute approximate surface area is 184 Å². The summed E-state index contributed by atoms with van der Waals surface area (Å²) < 4.78 is 67.6. The molecule has 172 valence electrons. The number of alkyl halides is 3. The molecule has 2 heterocycles. The summed E-state index contributed by atoms with van der Waals surface area (Å²) in [6.45, 7) is -0.756. The molecule has 0 radical (unpaired) electrons. The normalized spacial score (nSPS) is 21.8. The van der Waals surface area contributed by atoms with Crippen molar-refractivity contribution in [3.05, 3.63) is 69.3 Å². The van der Waals surface area contributed by atoms with Gasteiger partial charge in [0.1, 0.15) is 23.1 Å². The number of sulfonamides is 1. The van der Waals surface area contributed by atoms with E-state index in [2.05, 4.69) is 10.1 Å². The minimum absolute atomic E-state index is 0.338. The maximum atomic E-state index is 12.9. The molecule has 1 N–H and O–H groups in total. The number of aromatic nitrogens is 2. The molecule has 0 amide bonds. The van der Waals surface area contributed by atoms with Gasteiger partial charge in [0, 0.05) is 18.3 Å². The average molecular weight is 494 g/mol. The summed E-state index contributed by atoms with van der Waals surface area (Å²) >= 11 is 5.92. The van der Waals surface area contributed by atoms with Crippen molar-refractivity contribution < 1.29 is 31.2 Å². The van der Waals surface area contributed by atoms with E-state index in [1.807, 2.05) is 4.83 Å². The lowest BCUT2D eigenvalue weighted by molar-refractivity contribution is -0.419. The lowest BCUT2D eigenvalue weighted by atomic mass is 9.97. The Morgan fingerprint density at radius 2 is 2.19 bits per heavy atom. The van der Waals surface area contributed by atoms with Crippen LogP contribution in [0.4, 0.5) is 13.2 Å². The summed E-state index contributed by atoms with van der Waals surface area (Å²) in [7, 11) is -4.61. The number of fused-ring (bicyclic) bond motifs is 1. The third kappa shape index (κ3) is 4.92. The Bertz CT molecular complexity index is 1240. The highest BCUT2D eigenvalue weighted by Gasteiger charge is 2.49. The minimum atomic E-state index is -4.73. The zero-order valence-corrected chi connectivity index (χ0v) is 17.7. The molecule has 0 saturated carbocycles. The SMILES string of the molecule is CC1(S(=O)(=O)NN=Cc2cnc3ccc(Cl)cn23)C=C([N+](=O)[O-])C=CC1OCC(F)(F)F. The number of hydrogen-bond donors (Lipinski definition) is 1. The van der Waals surface area contributed by atoms with Gasteiger partial charge in [0.05, 0.1) is 28.1 Å². The predicted molar refractivity (Wildman–Crippen MR) is 108 cm³/mol. The second kappa shape index (κ2) is 8.52. The number of pyridine rings is 1. The quantitative estimate of drug-likeness (QED) is 0.359. The molecule has 32 heavy (non-hydrogen) atoms. The summed E-state index contributed by atoms with van der Waals surface area (Å²) in [6.07, 6.45) is 0.0636. The lowest BCUT2D eigenvalue weighted by Crippen LogP contribution is -2.52. The van der Waals surface area contributed by atoms with E-state index >= 15 is 0 Å². The Kier molecular flexibility index (Phi) is 6.31. The molecule has 0 bridgehead atoms. The molecular formula is C17H15ClF3N5O5S. The van der Waals surface area contributed by atoms with Crippen molar-refractivity contribution in [3.8, 4) is 0 Å². The van der Waals surface area contributed by atoms with Crippen LogP contribution in [0.15, 0.2) is 53.6 Å². The number of imidazole rings is 1. The second-order valence-corrected chi connectivity index (χ2v) is 9.33. The van der Waals surface area contributed by atoms with Crippen LogP contribution in [-0.2, 0) is 14.8 Å². The standard InChI is InChI=1S/C17H15ClF3N5O5S/c1-16(6-12(26(27)28)3-4-14(16)31-10-17(19,20)21)32(29,30)24-23-8-13-7-22-15-5-2-11(18)9-25(13)15/h2-9,14,24H,10H2,1H3. The van der Waals surface area contributed by atoms with Crippen LogP contribution in [-0.4, -0.2) is 52.6 Å². The van der Waals surface area contributed by atoms with E-state index < -0.39 is 44.3 Å². The molecular weight excluding hydrogens is 479 g/mol. The van der Waals surface area contributed by atoms with Crippen molar-refractivity contribution in [2.24, 2.45) is 5.10 Å². The Hall–Kier alpha value is -2.97. The third-order valence-electron chi connectivity index (χ3n) is 4.53. The van der Waals surface area contributed by atoms with E-state index in [-0.39, 0.29) is 0 Å². The van der Waals surface area contributed by atoms with Gasteiger partial charge in [0.2, 0.25) is 0 Å². The first-order valence-corrected chi connectivity index (χ1v) is 10.6. The molecule has 15 heteroatoms. The van der Waals surface area contributed by atoms with Crippen molar-refractivity contribution in [2.75, 3.05) is 6.61 Å². The number of nitrogens with one attached hydrogen (secondary N) is 1. The minimum Gasteiger partial charge on any atom is -0.363 e. The van der Waals surface area contributed by atoms with E-state index in [4.69, 9.17) is 16.3 Å². The van der Waals surface area contributed by atoms with E-state index in [9.17, 15) is 31.7 Å². The van der Waals surface area contributed by atoms with Gasteiger partial charge in [-0.25, -0.2) is 18.2 Å². The molecule has 2 aromatic heterocycles. The van der Waals surface area contributed by atoms with Gasteiger partial charge in [-0.2, -0.15) is 18.3 Å². The predicted octanol–water partition coefficient (Wildman–Crippen LogP) is 2.68. The maximum absolute atomic E-state index is 12.9. The van der Waals surface area contributed by atoms with Gasteiger partial charge in [-0.3, -0.25) is 14.5 Å². The van der Waals surface area contributed by atoms with Gasteiger partial charge in [0.25, 0.3) is 15.7 Å². The van der Waals surface area contributed by atoms with Crippen LogP contribution in [0, 0.1) is 10.1 Å². The molecule has 10 nitrogen and oxygen atoms in total. The average Bonchev–Trinajstić information content (AvgIpc) is 3.08. The van der Waals surface area contributed by atoms with Crippen LogP contribution in [0.1, 0.15) is 12.6 Å². The molecule has 0 fully saturated rings. The third-order valence-corrected chi connectivity index (χ3v) is 6.60. The highest BCUT2D eigenvalue weighted by Crippen LogP contribution is 2.33. The lowest BCUT2D eigenvalue weighted by Gasteiger charge is -2.33. The number of nitrogens with zero attached hydrogens (tertiary/aromatic N) is 4. The Morgan fingerprint density at radius 1 is 1.47 bits per heavy atom. The maximum Gasteiger partial charge on any atom is 0.411 e.